The van der Waals surface area contributed by atoms with Crippen LogP contribution in [0.1, 0.15) is 58.8 Å². The van der Waals surface area contributed by atoms with E-state index in [1.165, 1.54) is 51.6 Å². The maximum atomic E-state index is 6.02. The quantitative estimate of drug-likeness (QED) is 0.430. The number of rotatable bonds is 4. The van der Waals surface area contributed by atoms with Crippen LogP contribution in [0.3, 0.4) is 0 Å². The number of guanidine groups is 1. The summed E-state index contributed by atoms with van der Waals surface area (Å²) in [6.45, 7) is 8.31. The maximum absolute atomic E-state index is 6.02. The number of ether oxygens (including phenoxy) is 1. The van der Waals surface area contributed by atoms with Crippen molar-refractivity contribution in [3.05, 3.63) is 0 Å². The van der Waals surface area contributed by atoms with E-state index in [9.17, 15) is 0 Å². The van der Waals surface area contributed by atoms with Crippen molar-refractivity contribution in [3.8, 4) is 0 Å². The first-order valence-electron chi connectivity index (χ1n) is 8.97. The third kappa shape index (κ3) is 3.40. The predicted molar refractivity (Wildman–Crippen MR) is 102 cm³/mol. The Morgan fingerprint density at radius 2 is 1.86 bits per heavy atom. The van der Waals surface area contributed by atoms with Crippen LogP contribution in [-0.4, -0.2) is 49.2 Å². The van der Waals surface area contributed by atoms with Gasteiger partial charge in [-0.2, -0.15) is 0 Å². The van der Waals surface area contributed by atoms with Crippen molar-refractivity contribution in [2.75, 3.05) is 26.2 Å². The third-order valence-electron chi connectivity index (χ3n) is 5.70. The number of hydrogen-bond acceptors (Lipinski definition) is 2. The van der Waals surface area contributed by atoms with Gasteiger partial charge in [-0.05, 0) is 46.0 Å². The maximum Gasteiger partial charge on any atom is 0.194 e. The Labute approximate surface area is 152 Å². The van der Waals surface area contributed by atoms with Gasteiger partial charge in [-0.25, -0.2) is 0 Å². The highest BCUT2D eigenvalue weighted by Crippen LogP contribution is 2.54. The fourth-order valence-electron chi connectivity index (χ4n) is 4.56. The van der Waals surface area contributed by atoms with Crippen molar-refractivity contribution in [1.82, 2.24) is 10.2 Å². The van der Waals surface area contributed by atoms with Crippen LogP contribution in [0.15, 0.2) is 4.99 Å². The smallest absolute Gasteiger partial charge is 0.194 e. The van der Waals surface area contributed by atoms with Gasteiger partial charge >= 0.3 is 0 Å². The Morgan fingerprint density at radius 3 is 2.45 bits per heavy atom. The Morgan fingerprint density at radius 1 is 1.18 bits per heavy atom. The summed E-state index contributed by atoms with van der Waals surface area (Å²) in [6.07, 6.45) is 9.64. The number of nitrogens with one attached hydrogen (secondary N) is 1. The number of hydrogen-bond donors (Lipinski definition) is 1. The van der Waals surface area contributed by atoms with E-state index in [4.69, 9.17) is 9.73 Å². The highest BCUT2D eigenvalue weighted by atomic mass is 127. The molecule has 2 aliphatic carbocycles. The summed E-state index contributed by atoms with van der Waals surface area (Å²) in [5.41, 5.74) is 0.393. The lowest BCUT2D eigenvalue weighted by Gasteiger charge is -2.54. The lowest BCUT2D eigenvalue weighted by Crippen LogP contribution is -2.65. The largest absolute Gasteiger partial charge is 0.378 e. The zero-order chi connectivity index (χ0) is 14.7. The van der Waals surface area contributed by atoms with E-state index in [0.717, 1.165) is 25.5 Å². The van der Waals surface area contributed by atoms with Gasteiger partial charge in [-0.1, -0.05) is 12.8 Å². The molecule has 2 atom stereocenters. The summed E-state index contributed by atoms with van der Waals surface area (Å²) in [7, 11) is 0. The Kier molecular flexibility index (Phi) is 6.80. The molecule has 2 unspecified atom stereocenters. The number of likely N-dealkylation sites (tertiary alicyclic amines) is 1. The lowest BCUT2D eigenvalue weighted by molar-refractivity contribution is -0.126. The Bertz CT molecular complexity index is 376. The molecule has 1 aliphatic heterocycles. The number of aliphatic imine (C=N–C) groups is 1. The minimum atomic E-state index is 0. The third-order valence-corrected chi connectivity index (χ3v) is 5.70. The monoisotopic (exact) mass is 421 g/mol. The van der Waals surface area contributed by atoms with Gasteiger partial charge in [0, 0.05) is 37.7 Å². The van der Waals surface area contributed by atoms with Gasteiger partial charge in [0.25, 0.3) is 0 Å². The second-order valence-electron chi connectivity index (χ2n) is 6.81. The molecule has 5 heteroatoms. The summed E-state index contributed by atoms with van der Waals surface area (Å²) in [4.78, 5) is 7.19. The molecule has 0 radical (unpaired) electrons. The van der Waals surface area contributed by atoms with Gasteiger partial charge in [0.05, 0.1) is 6.10 Å². The first kappa shape index (κ1) is 18.3. The minimum absolute atomic E-state index is 0. The molecule has 0 aromatic rings. The summed E-state index contributed by atoms with van der Waals surface area (Å²) in [6, 6.07) is 0.572. The van der Waals surface area contributed by atoms with Gasteiger partial charge in [0.1, 0.15) is 0 Å². The molecule has 0 aromatic heterocycles. The first-order valence-corrected chi connectivity index (χ1v) is 8.97. The van der Waals surface area contributed by atoms with Crippen LogP contribution in [0.4, 0.5) is 0 Å². The number of halogens is 1. The SMILES string of the molecule is CCN=C(NC1CC(OCC)C12CCCC2)N1CCCC1.I. The van der Waals surface area contributed by atoms with E-state index < -0.39 is 0 Å². The fraction of sp³-hybridized carbons (Fsp3) is 0.941. The van der Waals surface area contributed by atoms with E-state index in [1.54, 1.807) is 0 Å². The topological polar surface area (TPSA) is 36.9 Å². The Balaban J connectivity index is 0.00000176. The van der Waals surface area contributed by atoms with Gasteiger partial charge in [0.15, 0.2) is 5.96 Å². The van der Waals surface area contributed by atoms with Crippen molar-refractivity contribution in [2.24, 2.45) is 10.4 Å². The van der Waals surface area contributed by atoms with Crippen molar-refractivity contribution < 1.29 is 4.74 Å². The van der Waals surface area contributed by atoms with Crippen LogP contribution < -0.4 is 5.32 Å². The predicted octanol–water partition coefficient (Wildman–Crippen LogP) is 3.40. The van der Waals surface area contributed by atoms with Crippen LogP contribution in [0.25, 0.3) is 0 Å². The van der Waals surface area contributed by atoms with Gasteiger partial charge in [-0.15, -0.1) is 24.0 Å². The fourth-order valence-corrected chi connectivity index (χ4v) is 4.56. The van der Waals surface area contributed by atoms with E-state index in [1.807, 2.05) is 0 Å². The van der Waals surface area contributed by atoms with E-state index in [0.29, 0.717) is 17.6 Å². The highest BCUT2D eigenvalue weighted by molar-refractivity contribution is 14.0. The molecule has 0 aromatic carbocycles. The zero-order valence-corrected chi connectivity index (χ0v) is 16.5. The van der Waals surface area contributed by atoms with Gasteiger partial charge in [-0.3, -0.25) is 4.99 Å². The van der Waals surface area contributed by atoms with Crippen LogP contribution in [0, 0.1) is 5.41 Å². The van der Waals surface area contributed by atoms with Crippen LogP contribution in [-0.2, 0) is 4.74 Å². The molecule has 1 N–H and O–H groups in total. The van der Waals surface area contributed by atoms with Crippen molar-refractivity contribution in [2.45, 2.75) is 70.9 Å². The standard InChI is InChI=1S/C17H31N3O.HI/c1-3-18-16(20-11-7-8-12-20)19-14-13-15(21-4-2)17(14)9-5-6-10-17;/h14-15H,3-13H2,1-2H3,(H,18,19);1H. The number of nitrogens with zero attached hydrogens (tertiary/aromatic N) is 2. The minimum Gasteiger partial charge on any atom is -0.378 e. The summed E-state index contributed by atoms with van der Waals surface area (Å²) in [5.74, 6) is 1.15. The molecular weight excluding hydrogens is 389 g/mol. The second kappa shape index (κ2) is 8.18. The average Bonchev–Trinajstić information content (AvgIpc) is 3.17. The molecule has 22 heavy (non-hydrogen) atoms. The van der Waals surface area contributed by atoms with Gasteiger partial charge in [0.2, 0.25) is 0 Å². The normalized spacial score (nSPS) is 30.3. The molecule has 0 bridgehead atoms. The summed E-state index contributed by atoms with van der Waals surface area (Å²) >= 11 is 0. The second-order valence-corrected chi connectivity index (χ2v) is 6.81. The highest BCUT2D eigenvalue weighted by Gasteiger charge is 2.57. The van der Waals surface area contributed by atoms with Crippen LogP contribution in [0.5, 0.6) is 0 Å². The molecule has 1 heterocycles. The molecule has 3 rings (SSSR count). The molecule has 1 spiro atoms. The van der Waals surface area contributed by atoms with Crippen molar-refractivity contribution >= 4 is 29.9 Å². The van der Waals surface area contributed by atoms with E-state index >= 15 is 0 Å². The first-order chi connectivity index (χ1) is 10.3. The average molecular weight is 421 g/mol. The van der Waals surface area contributed by atoms with Crippen LogP contribution >= 0.6 is 24.0 Å². The zero-order valence-electron chi connectivity index (χ0n) is 14.1. The molecule has 2 saturated carbocycles. The molecule has 128 valence electrons. The summed E-state index contributed by atoms with van der Waals surface area (Å²) < 4.78 is 6.02. The molecular formula is C17H32IN3O. The van der Waals surface area contributed by atoms with E-state index in [2.05, 4.69) is 24.1 Å². The molecule has 3 fully saturated rings. The molecule has 3 aliphatic rings. The van der Waals surface area contributed by atoms with E-state index in [-0.39, 0.29) is 24.0 Å². The van der Waals surface area contributed by atoms with Crippen LogP contribution in [0.2, 0.25) is 0 Å². The lowest BCUT2D eigenvalue weighted by atomic mass is 9.60. The summed E-state index contributed by atoms with van der Waals surface area (Å²) in [5, 5.41) is 3.81. The molecule has 1 saturated heterocycles. The molecule has 0 amide bonds. The van der Waals surface area contributed by atoms with Crippen molar-refractivity contribution in [1.29, 1.82) is 0 Å². The van der Waals surface area contributed by atoms with Crippen molar-refractivity contribution in [3.63, 3.8) is 0 Å². The van der Waals surface area contributed by atoms with Gasteiger partial charge < -0.3 is 15.0 Å². The molecule has 4 nitrogen and oxygen atoms in total. The Hall–Kier alpha value is -0.0400.